The summed E-state index contributed by atoms with van der Waals surface area (Å²) in [5.74, 6) is -0.708. The molecule has 4 rings (SSSR count). The van der Waals surface area contributed by atoms with Crippen LogP contribution in [0.1, 0.15) is 24.1 Å². The molecule has 2 N–H and O–H groups in total. The summed E-state index contributed by atoms with van der Waals surface area (Å²) in [6, 6.07) is 4.31. The molecule has 0 saturated carbocycles. The van der Waals surface area contributed by atoms with Crippen LogP contribution in [0.15, 0.2) is 73.1 Å². The van der Waals surface area contributed by atoms with Crippen molar-refractivity contribution >= 4 is 11.5 Å². The topological polar surface area (TPSA) is 108 Å². The third-order valence-corrected chi connectivity index (χ3v) is 5.28. The molecule has 0 aromatic carbocycles. The van der Waals surface area contributed by atoms with Crippen LogP contribution in [-0.4, -0.2) is 37.2 Å². The molecule has 0 bridgehead atoms. The molecule has 32 heavy (non-hydrogen) atoms. The van der Waals surface area contributed by atoms with E-state index in [0.29, 0.717) is 11.3 Å². The summed E-state index contributed by atoms with van der Waals surface area (Å²) in [5.41, 5.74) is 4.04. The molecule has 3 aromatic rings. The Kier molecular flexibility index (Phi) is 5.52. The number of primary amides is 1. The third-order valence-electron chi connectivity index (χ3n) is 5.28. The molecule has 0 saturated heterocycles. The monoisotopic (exact) mass is 438 g/mol. The van der Waals surface area contributed by atoms with Crippen molar-refractivity contribution in [2.75, 3.05) is 0 Å². The zero-order valence-electron chi connectivity index (χ0n) is 16.6. The quantitative estimate of drug-likeness (QED) is 0.654. The van der Waals surface area contributed by atoms with E-state index in [1.54, 1.807) is 0 Å². The second-order valence-corrected chi connectivity index (χ2v) is 7.28. The summed E-state index contributed by atoms with van der Waals surface area (Å²) in [6.07, 6.45) is 5.75. The highest BCUT2D eigenvalue weighted by molar-refractivity contribution is 5.81. The Bertz CT molecular complexity index is 1180. The fourth-order valence-electron chi connectivity index (χ4n) is 3.85. The molecule has 1 aliphatic rings. The maximum atomic E-state index is 14.9. The van der Waals surface area contributed by atoms with Gasteiger partial charge in [-0.05, 0) is 30.2 Å². The number of hydrogen-bond acceptors (Lipinski definition) is 6. The molecule has 0 fully saturated rings. The maximum Gasteiger partial charge on any atom is 0.404 e. The summed E-state index contributed by atoms with van der Waals surface area (Å²) in [6.45, 7) is 0. The van der Waals surface area contributed by atoms with E-state index in [1.165, 1.54) is 67.5 Å². The van der Waals surface area contributed by atoms with E-state index in [0.717, 1.165) is 0 Å². The second kappa shape index (κ2) is 8.29. The first-order chi connectivity index (χ1) is 15.3. The van der Waals surface area contributed by atoms with Gasteiger partial charge in [0.1, 0.15) is 5.41 Å². The molecule has 7 nitrogen and oxygen atoms in total. The van der Waals surface area contributed by atoms with Crippen LogP contribution in [0.3, 0.4) is 0 Å². The first-order valence-electron chi connectivity index (χ1n) is 9.56. The fourth-order valence-corrected chi connectivity index (χ4v) is 3.85. The summed E-state index contributed by atoms with van der Waals surface area (Å²) < 4.78 is 44.6. The molecule has 162 valence electrons. The standard InChI is InChI=1S/C22H17F3N6O/c23-22(24,25)21(19-4-2-16(11-29-19)18-13-27-7-8-28-18)10-14(9-20(26)32)1-3-17(21)15-5-6-30-31-12-15/h1-8,11-13H,9-10H2,(H2,26,32). The van der Waals surface area contributed by atoms with E-state index in [1.807, 2.05) is 0 Å². The minimum absolute atomic E-state index is 0.0344. The minimum Gasteiger partial charge on any atom is -0.369 e. The Morgan fingerprint density at radius 1 is 0.969 bits per heavy atom. The number of rotatable bonds is 5. The van der Waals surface area contributed by atoms with Crippen LogP contribution in [0.25, 0.3) is 16.8 Å². The molecule has 0 radical (unpaired) electrons. The van der Waals surface area contributed by atoms with Gasteiger partial charge in [0.05, 0.1) is 30.0 Å². The Morgan fingerprint density at radius 2 is 1.81 bits per heavy atom. The lowest BCUT2D eigenvalue weighted by Crippen LogP contribution is -2.45. The predicted octanol–water partition coefficient (Wildman–Crippen LogP) is 3.42. The van der Waals surface area contributed by atoms with Gasteiger partial charge in [0.15, 0.2) is 0 Å². The van der Waals surface area contributed by atoms with Gasteiger partial charge in [-0.3, -0.25) is 19.7 Å². The SMILES string of the molecule is NC(=O)CC1=CC=C(c2ccnnc2)C(c2ccc(-c3cnccn3)cn2)(C(F)(F)F)C1. The molecule has 1 aliphatic carbocycles. The maximum absolute atomic E-state index is 14.9. The number of aromatic nitrogens is 5. The number of alkyl halides is 3. The van der Waals surface area contributed by atoms with Crippen LogP contribution >= 0.6 is 0 Å². The van der Waals surface area contributed by atoms with Crippen LogP contribution in [0.5, 0.6) is 0 Å². The lowest BCUT2D eigenvalue weighted by molar-refractivity contribution is -0.174. The van der Waals surface area contributed by atoms with Gasteiger partial charge >= 0.3 is 6.18 Å². The molecule has 1 amide bonds. The Labute approximate surface area is 181 Å². The van der Waals surface area contributed by atoms with Crippen molar-refractivity contribution in [1.29, 1.82) is 0 Å². The molecule has 1 atom stereocenters. The number of hydrogen-bond donors (Lipinski definition) is 1. The zero-order chi connectivity index (χ0) is 22.8. The van der Waals surface area contributed by atoms with Crippen molar-refractivity contribution in [1.82, 2.24) is 25.1 Å². The van der Waals surface area contributed by atoms with Gasteiger partial charge in [-0.15, -0.1) is 0 Å². The Hall–Kier alpha value is -3.95. The predicted molar refractivity (Wildman–Crippen MR) is 110 cm³/mol. The Balaban J connectivity index is 1.89. The van der Waals surface area contributed by atoms with Crippen LogP contribution in [-0.2, 0) is 10.2 Å². The normalized spacial score (nSPS) is 18.6. The largest absolute Gasteiger partial charge is 0.404 e. The molecule has 10 heteroatoms. The van der Waals surface area contributed by atoms with E-state index < -0.39 is 23.9 Å². The van der Waals surface area contributed by atoms with Crippen molar-refractivity contribution in [2.24, 2.45) is 5.73 Å². The van der Waals surface area contributed by atoms with Crippen LogP contribution < -0.4 is 5.73 Å². The molecular formula is C22H17F3N6O. The van der Waals surface area contributed by atoms with Crippen LogP contribution in [0.4, 0.5) is 13.2 Å². The molecular weight excluding hydrogens is 421 g/mol. The van der Waals surface area contributed by atoms with Crippen molar-refractivity contribution in [3.05, 3.63) is 84.4 Å². The van der Waals surface area contributed by atoms with Crippen molar-refractivity contribution in [3.63, 3.8) is 0 Å². The van der Waals surface area contributed by atoms with Gasteiger partial charge in [0.2, 0.25) is 5.91 Å². The van der Waals surface area contributed by atoms with E-state index in [9.17, 15) is 18.0 Å². The molecule has 3 aromatic heterocycles. The first kappa shape index (κ1) is 21.3. The lowest BCUT2D eigenvalue weighted by atomic mass is 9.66. The van der Waals surface area contributed by atoms with Crippen molar-refractivity contribution in [3.8, 4) is 11.3 Å². The van der Waals surface area contributed by atoms with Crippen molar-refractivity contribution in [2.45, 2.75) is 24.4 Å². The fraction of sp³-hybridized carbons (Fsp3) is 0.182. The number of halogens is 3. The molecule has 1 unspecified atom stereocenters. The van der Waals surface area contributed by atoms with Gasteiger partial charge in [0, 0.05) is 36.1 Å². The second-order valence-electron chi connectivity index (χ2n) is 7.28. The zero-order valence-corrected chi connectivity index (χ0v) is 16.6. The number of carbonyl (C=O) groups excluding carboxylic acids is 1. The summed E-state index contributed by atoms with van der Waals surface area (Å²) in [5, 5.41) is 7.39. The Morgan fingerprint density at radius 3 is 2.41 bits per heavy atom. The summed E-state index contributed by atoms with van der Waals surface area (Å²) in [4.78, 5) is 23.8. The van der Waals surface area contributed by atoms with Crippen LogP contribution in [0, 0.1) is 0 Å². The van der Waals surface area contributed by atoms with Gasteiger partial charge in [0.25, 0.3) is 0 Å². The van der Waals surface area contributed by atoms with E-state index in [4.69, 9.17) is 5.73 Å². The average molecular weight is 438 g/mol. The molecule has 3 heterocycles. The summed E-state index contributed by atoms with van der Waals surface area (Å²) in [7, 11) is 0. The number of nitrogens with zero attached hydrogens (tertiary/aromatic N) is 5. The van der Waals surface area contributed by atoms with Gasteiger partial charge in [-0.25, -0.2) is 0 Å². The van der Waals surface area contributed by atoms with E-state index in [-0.39, 0.29) is 28.8 Å². The number of allylic oxidation sites excluding steroid dienone is 3. The third kappa shape index (κ3) is 3.86. The number of carbonyl (C=O) groups is 1. The van der Waals surface area contributed by atoms with Crippen LogP contribution in [0.2, 0.25) is 0 Å². The first-order valence-corrected chi connectivity index (χ1v) is 9.56. The highest BCUT2D eigenvalue weighted by atomic mass is 19.4. The molecule has 0 aliphatic heterocycles. The smallest absolute Gasteiger partial charge is 0.369 e. The number of nitrogens with two attached hydrogens (primary N) is 1. The van der Waals surface area contributed by atoms with Gasteiger partial charge in [-0.2, -0.15) is 23.4 Å². The van der Waals surface area contributed by atoms with E-state index in [2.05, 4.69) is 25.1 Å². The minimum atomic E-state index is -4.74. The van der Waals surface area contributed by atoms with Gasteiger partial charge < -0.3 is 5.73 Å². The lowest BCUT2D eigenvalue weighted by Gasteiger charge is -2.40. The van der Waals surface area contributed by atoms with E-state index >= 15 is 0 Å². The highest BCUT2D eigenvalue weighted by Crippen LogP contribution is 2.55. The number of pyridine rings is 1. The highest BCUT2D eigenvalue weighted by Gasteiger charge is 2.60. The number of amides is 1. The van der Waals surface area contributed by atoms with Gasteiger partial charge in [-0.1, -0.05) is 17.7 Å². The molecule has 0 spiro atoms. The summed E-state index contributed by atoms with van der Waals surface area (Å²) >= 11 is 0. The average Bonchev–Trinajstić information content (AvgIpc) is 2.79. The van der Waals surface area contributed by atoms with Crippen molar-refractivity contribution < 1.29 is 18.0 Å².